The lowest BCUT2D eigenvalue weighted by molar-refractivity contribution is 0.0820. The Morgan fingerprint density at radius 3 is 2.61 bits per heavy atom. The van der Waals surface area contributed by atoms with Gasteiger partial charge in [-0.25, -0.2) is 0 Å². The number of hydrogen-bond donors (Lipinski definition) is 0. The van der Waals surface area contributed by atoms with Crippen LogP contribution in [-0.4, -0.2) is 30.3 Å². The average molecular weight is 307 g/mol. The number of likely N-dealkylation sites (tertiary alicyclic amines) is 1. The predicted molar refractivity (Wildman–Crippen MR) is 95.7 cm³/mol. The number of carbonyl (C=O) groups excluding carboxylic acids is 1. The maximum Gasteiger partial charge on any atom is 0.167 e. The van der Waals surface area contributed by atoms with E-state index in [4.69, 9.17) is 0 Å². The maximum atomic E-state index is 13.1. The Balaban J connectivity index is 1.85. The van der Waals surface area contributed by atoms with Crippen LogP contribution in [0.4, 0.5) is 0 Å². The first-order chi connectivity index (χ1) is 11.3. The lowest BCUT2D eigenvalue weighted by Gasteiger charge is -2.32. The largest absolute Gasteiger partial charge is 0.303 e. The summed E-state index contributed by atoms with van der Waals surface area (Å²) in [6.45, 7) is 5.36. The topological polar surface area (TPSA) is 20.3 Å². The fraction of sp³-hybridized carbons (Fsp3) is 0.381. The summed E-state index contributed by atoms with van der Waals surface area (Å²) in [5, 5.41) is 0. The fourth-order valence-electron chi connectivity index (χ4n) is 3.58. The molecule has 0 aromatic heterocycles. The second kappa shape index (κ2) is 7.56. The Labute approximate surface area is 139 Å². The van der Waals surface area contributed by atoms with Gasteiger partial charge in [0.25, 0.3) is 0 Å². The SMILES string of the molecule is CCCN1CCCC(C(=O)c2ccccc2-c2ccccc2)C1. The molecule has 120 valence electrons. The normalized spacial score (nSPS) is 18.7. The summed E-state index contributed by atoms with van der Waals surface area (Å²) < 4.78 is 0. The highest BCUT2D eigenvalue weighted by molar-refractivity contribution is 6.03. The van der Waals surface area contributed by atoms with E-state index in [2.05, 4.69) is 30.0 Å². The van der Waals surface area contributed by atoms with Crippen LogP contribution < -0.4 is 0 Å². The molecule has 0 radical (unpaired) electrons. The summed E-state index contributed by atoms with van der Waals surface area (Å²) in [6.07, 6.45) is 3.30. The van der Waals surface area contributed by atoms with E-state index in [1.54, 1.807) is 0 Å². The molecule has 1 saturated heterocycles. The Bertz CT molecular complexity index is 648. The van der Waals surface area contributed by atoms with Crippen molar-refractivity contribution >= 4 is 5.78 Å². The van der Waals surface area contributed by atoms with E-state index >= 15 is 0 Å². The quantitative estimate of drug-likeness (QED) is 0.749. The molecule has 0 aliphatic carbocycles. The van der Waals surface area contributed by atoms with Crippen molar-refractivity contribution in [2.24, 2.45) is 5.92 Å². The van der Waals surface area contributed by atoms with Crippen LogP contribution in [0.2, 0.25) is 0 Å². The van der Waals surface area contributed by atoms with Crippen molar-refractivity contribution in [2.75, 3.05) is 19.6 Å². The van der Waals surface area contributed by atoms with Gasteiger partial charge >= 0.3 is 0 Å². The minimum absolute atomic E-state index is 0.139. The molecule has 2 nitrogen and oxygen atoms in total. The van der Waals surface area contributed by atoms with Gasteiger partial charge in [0.2, 0.25) is 0 Å². The van der Waals surface area contributed by atoms with Gasteiger partial charge in [-0.2, -0.15) is 0 Å². The summed E-state index contributed by atoms with van der Waals surface area (Å²) in [5.74, 6) is 0.449. The Morgan fingerprint density at radius 2 is 1.83 bits per heavy atom. The standard InChI is InChI=1S/C21H25NO/c1-2-14-22-15-8-11-18(16-22)21(23)20-13-7-6-12-19(20)17-9-4-3-5-10-17/h3-7,9-10,12-13,18H,2,8,11,14-16H2,1H3. The fourth-order valence-corrected chi connectivity index (χ4v) is 3.58. The van der Waals surface area contributed by atoms with Crippen LogP contribution in [0.15, 0.2) is 54.6 Å². The van der Waals surface area contributed by atoms with Crippen molar-refractivity contribution in [3.05, 3.63) is 60.2 Å². The zero-order valence-corrected chi connectivity index (χ0v) is 13.9. The van der Waals surface area contributed by atoms with Gasteiger partial charge in [-0.15, -0.1) is 0 Å². The summed E-state index contributed by atoms with van der Waals surface area (Å²) in [5.41, 5.74) is 3.06. The van der Waals surface area contributed by atoms with Crippen molar-refractivity contribution in [1.82, 2.24) is 4.90 Å². The predicted octanol–water partition coefficient (Wildman–Crippen LogP) is 4.66. The zero-order valence-electron chi connectivity index (χ0n) is 13.9. The number of hydrogen-bond acceptors (Lipinski definition) is 2. The van der Waals surface area contributed by atoms with Crippen LogP contribution in [0, 0.1) is 5.92 Å². The second-order valence-electron chi connectivity index (χ2n) is 6.42. The maximum absolute atomic E-state index is 13.1. The lowest BCUT2D eigenvalue weighted by Crippen LogP contribution is -2.39. The number of rotatable bonds is 5. The molecule has 23 heavy (non-hydrogen) atoms. The number of ketones is 1. The first-order valence-corrected chi connectivity index (χ1v) is 8.70. The van der Waals surface area contributed by atoms with Gasteiger partial charge in [0.05, 0.1) is 0 Å². The summed E-state index contributed by atoms with van der Waals surface area (Å²) in [6, 6.07) is 18.3. The first kappa shape index (κ1) is 15.9. The van der Waals surface area contributed by atoms with Crippen LogP contribution >= 0.6 is 0 Å². The molecule has 0 saturated carbocycles. The van der Waals surface area contributed by atoms with Crippen LogP contribution in [0.3, 0.4) is 0 Å². The Morgan fingerprint density at radius 1 is 1.09 bits per heavy atom. The van der Waals surface area contributed by atoms with Gasteiger partial charge in [-0.3, -0.25) is 4.79 Å². The smallest absolute Gasteiger partial charge is 0.167 e. The van der Waals surface area contributed by atoms with E-state index in [-0.39, 0.29) is 5.92 Å². The molecule has 1 fully saturated rings. The third-order valence-electron chi connectivity index (χ3n) is 4.69. The number of carbonyl (C=O) groups is 1. The van der Waals surface area contributed by atoms with Crippen LogP contribution in [-0.2, 0) is 0 Å². The van der Waals surface area contributed by atoms with Gasteiger partial charge in [0, 0.05) is 18.0 Å². The molecule has 0 spiro atoms. The third-order valence-corrected chi connectivity index (χ3v) is 4.69. The minimum Gasteiger partial charge on any atom is -0.303 e. The van der Waals surface area contributed by atoms with Crippen molar-refractivity contribution < 1.29 is 4.79 Å². The van der Waals surface area contributed by atoms with Crippen LogP contribution in [0.5, 0.6) is 0 Å². The van der Waals surface area contributed by atoms with Gasteiger partial charge in [0.15, 0.2) is 5.78 Å². The van der Waals surface area contributed by atoms with E-state index in [1.165, 1.54) is 0 Å². The Kier molecular flexibility index (Phi) is 5.24. The third kappa shape index (κ3) is 3.70. The monoisotopic (exact) mass is 307 g/mol. The van der Waals surface area contributed by atoms with E-state index in [0.717, 1.165) is 55.6 Å². The molecule has 1 aliphatic heterocycles. The molecule has 1 heterocycles. The first-order valence-electron chi connectivity index (χ1n) is 8.70. The number of benzene rings is 2. The summed E-state index contributed by atoms with van der Waals surface area (Å²) in [7, 11) is 0. The molecule has 3 rings (SSSR count). The van der Waals surface area contributed by atoms with Crippen molar-refractivity contribution in [3.8, 4) is 11.1 Å². The molecular weight excluding hydrogens is 282 g/mol. The molecule has 1 unspecified atom stereocenters. The highest BCUT2D eigenvalue weighted by Gasteiger charge is 2.27. The highest BCUT2D eigenvalue weighted by Crippen LogP contribution is 2.28. The number of Topliss-reactive ketones (excluding diaryl/α,β-unsaturated/α-hetero) is 1. The van der Waals surface area contributed by atoms with Gasteiger partial charge in [0.1, 0.15) is 0 Å². The van der Waals surface area contributed by atoms with E-state index in [0.29, 0.717) is 5.78 Å². The number of piperidine rings is 1. The van der Waals surface area contributed by atoms with Crippen LogP contribution in [0.1, 0.15) is 36.5 Å². The summed E-state index contributed by atoms with van der Waals surface area (Å²) >= 11 is 0. The molecule has 1 aliphatic rings. The molecule has 0 N–H and O–H groups in total. The Hall–Kier alpha value is -1.93. The lowest BCUT2D eigenvalue weighted by atomic mass is 9.86. The molecule has 0 amide bonds. The van der Waals surface area contributed by atoms with Crippen molar-refractivity contribution in [2.45, 2.75) is 26.2 Å². The second-order valence-corrected chi connectivity index (χ2v) is 6.42. The number of nitrogens with zero attached hydrogens (tertiary/aromatic N) is 1. The minimum atomic E-state index is 0.139. The van der Waals surface area contributed by atoms with E-state index in [1.807, 2.05) is 36.4 Å². The highest BCUT2D eigenvalue weighted by atomic mass is 16.1. The van der Waals surface area contributed by atoms with Crippen molar-refractivity contribution in [1.29, 1.82) is 0 Å². The molecular formula is C21H25NO. The molecule has 2 aromatic rings. The van der Waals surface area contributed by atoms with Gasteiger partial charge in [-0.1, -0.05) is 61.5 Å². The average Bonchev–Trinajstić information content (AvgIpc) is 2.62. The molecule has 1 atom stereocenters. The van der Waals surface area contributed by atoms with Crippen molar-refractivity contribution in [3.63, 3.8) is 0 Å². The molecule has 2 aromatic carbocycles. The van der Waals surface area contributed by atoms with E-state index < -0.39 is 0 Å². The zero-order chi connectivity index (χ0) is 16.1. The van der Waals surface area contributed by atoms with Crippen LogP contribution in [0.25, 0.3) is 11.1 Å². The van der Waals surface area contributed by atoms with Gasteiger partial charge < -0.3 is 4.90 Å². The molecule has 2 heteroatoms. The van der Waals surface area contributed by atoms with Gasteiger partial charge in [-0.05, 0) is 43.5 Å². The summed E-state index contributed by atoms with van der Waals surface area (Å²) in [4.78, 5) is 15.6. The molecule has 0 bridgehead atoms. The van der Waals surface area contributed by atoms with E-state index in [9.17, 15) is 4.79 Å².